The molecule has 0 aliphatic heterocycles. The van der Waals surface area contributed by atoms with Crippen LogP contribution in [0.25, 0.3) is 0 Å². The molecular weight excluding hydrogens is 182 g/mol. The van der Waals surface area contributed by atoms with Crippen LogP contribution in [0.2, 0.25) is 0 Å². The molecule has 0 heterocycles. The molecular formula is C10H21NO3. The summed E-state index contributed by atoms with van der Waals surface area (Å²) in [4.78, 5) is 11.1. The highest BCUT2D eigenvalue weighted by molar-refractivity contribution is 5.72. The zero-order chi connectivity index (χ0) is 11.0. The molecule has 0 fully saturated rings. The summed E-state index contributed by atoms with van der Waals surface area (Å²) in [5.74, 6) is -0.303. The highest BCUT2D eigenvalue weighted by Gasteiger charge is 2.19. The van der Waals surface area contributed by atoms with Crippen molar-refractivity contribution in [1.82, 2.24) is 5.32 Å². The maximum atomic E-state index is 11.1. The Hall–Kier alpha value is -0.610. The van der Waals surface area contributed by atoms with E-state index in [1.807, 2.05) is 20.8 Å². The lowest BCUT2D eigenvalue weighted by Gasteiger charge is -2.18. The van der Waals surface area contributed by atoms with Crippen molar-refractivity contribution >= 4 is 5.97 Å². The Labute approximate surface area is 86.0 Å². The smallest absolute Gasteiger partial charge is 0.309 e. The zero-order valence-electron chi connectivity index (χ0n) is 9.50. The van der Waals surface area contributed by atoms with Gasteiger partial charge < -0.3 is 14.8 Å². The van der Waals surface area contributed by atoms with Gasteiger partial charge in [0.25, 0.3) is 0 Å². The second kappa shape index (κ2) is 7.76. The average Bonchev–Trinajstić information content (AvgIpc) is 2.21. The molecule has 0 aromatic carbocycles. The maximum absolute atomic E-state index is 11.1. The van der Waals surface area contributed by atoms with Crippen molar-refractivity contribution in [2.45, 2.75) is 26.8 Å². The van der Waals surface area contributed by atoms with Crippen LogP contribution in [0.5, 0.6) is 0 Å². The lowest BCUT2D eigenvalue weighted by atomic mass is 10.0. The van der Waals surface area contributed by atoms with Gasteiger partial charge in [0.15, 0.2) is 0 Å². The van der Waals surface area contributed by atoms with Crippen LogP contribution in [0.4, 0.5) is 0 Å². The fourth-order valence-corrected chi connectivity index (χ4v) is 1.07. The van der Waals surface area contributed by atoms with Gasteiger partial charge in [-0.2, -0.15) is 0 Å². The molecule has 0 aliphatic carbocycles. The van der Waals surface area contributed by atoms with Crippen molar-refractivity contribution in [3.63, 3.8) is 0 Å². The summed E-state index contributed by atoms with van der Waals surface area (Å²) < 4.78 is 9.82. The van der Waals surface area contributed by atoms with Gasteiger partial charge in [0.05, 0.1) is 19.6 Å². The number of ether oxygens (including phenoxy) is 2. The molecule has 2 unspecified atom stereocenters. The van der Waals surface area contributed by atoms with Crippen molar-refractivity contribution < 1.29 is 14.3 Å². The van der Waals surface area contributed by atoms with Crippen molar-refractivity contribution in [1.29, 1.82) is 0 Å². The molecule has 1 N–H and O–H groups in total. The SMILES string of the molecule is CCOCCNC(C)C(C)C(=O)OC. The van der Waals surface area contributed by atoms with Gasteiger partial charge in [-0.3, -0.25) is 4.79 Å². The first kappa shape index (κ1) is 13.4. The topological polar surface area (TPSA) is 47.6 Å². The second-order valence-electron chi connectivity index (χ2n) is 3.25. The van der Waals surface area contributed by atoms with E-state index in [2.05, 4.69) is 10.1 Å². The maximum Gasteiger partial charge on any atom is 0.309 e. The Morgan fingerprint density at radius 1 is 1.43 bits per heavy atom. The van der Waals surface area contributed by atoms with Gasteiger partial charge >= 0.3 is 5.97 Å². The molecule has 0 spiro atoms. The van der Waals surface area contributed by atoms with Gasteiger partial charge in [0.2, 0.25) is 0 Å². The highest BCUT2D eigenvalue weighted by atomic mass is 16.5. The Balaban J connectivity index is 3.61. The molecule has 0 saturated heterocycles. The minimum atomic E-state index is -0.179. The number of hydrogen-bond donors (Lipinski definition) is 1. The Bertz CT molecular complexity index is 161. The monoisotopic (exact) mass is 203 g/mol. The van der Waals surface area contributed by atoms with Gasteiger partial charge in [0, 0.05) is 19.2 Å². The number of methoxy groups -OCH3 is 1. The van der Waals surface area contributed by atoms with Gasteiger partial charge in [-0.1, -0.05) is 6.92 Å². The van der Waals surface area contributed by atoms with Crippen LogP contribution in [0.1, 0.15) is 20.8 Å². The first-order valence-electron chi connectivity index (χ1n) is 5.02. The molecule has 84 valence electrons. The summed E-state index contributed by atoms with van der Waals surface area (Å²) in [7, 11) is 1.41. The van der Waals surface area contributed by atoms with E-state index in [1.165, 1.54) is 7.11 Å². The Morgan fingerprint density at radius 3 is 2.57 bits per heavy atom. The van der Waals surface area contributed by atoms with Crippen LogP contribution >= 0.6 is 0 Å². The molecule has 0 aromatic rings. The number of hydrogen-bond acceptors (Lipinski definition) is 4. The molecule has 4 heteroatoms. The third-order valence-electron chi connectivity index (χ3n) is 2.24. The van der Waals surface area contributed by atoms with E-state index in [-0.39, 0.29) is 17.9 Å². The molecule has 14 heavy (non-hydrogen) atoms. The highest BCUT2D eigenvalue weighted by Crippen LogP contribution is 2.03. The minimum absolute atomic E-state index is 0.114. The molecule has 0 aliphatic rings. The number of carbonyl (C=O) groups excluding carboxylic acids is 1. The molecule has 0 aromatic heterocycles. The molecule has 0 bridgehead atoms. The standard InChI is InChI=1S/C10H21NO3/c1-5-14-7-6-11-9(3)8(2)10(12)13-4/h8-9,11H,5-7H2,1-4H3. The predicted molar refractivity (Wildman–Crippen MR) is 55.1 cm³/mol. The van der Waals surface area contributed by atoms with E-state index in [0.717, 1.165) is 13.2 Å². The van der Waals surface area contributed by atoms with E-state index in [4.69, 9.17) is 4.74 Å². The third kappa shape index (κ3) is 5.19. The third-order valence-corrected chi connectivity index (χ3v) is 2.24. The van der Waals surface area contributed by atoms with Gasteiger partial charge in [-0.15, -0.1) is 0 Å². The number of carbonyl (C=O) groups is 1. The van der Waals surface area contributed by atoms with Gasteiger partial charge in [-0.05, 0) is 13.8 Å². The molecule has 2 atom stereocenters. The second-order valence-corrected chi connectivity index (χ2v) is 3.25. The van der Waals surface area contributed by atoms with Crippen LogP contribution in [0, 0.1) is 5.92 Å². The summed E-state index contributed by atoms with van der Waals surface area (Å²) in [6.07, 6.45) is 0. The lowest BCUT2D eigenvalue weighted by molar-refractivity contribution is -0.145. The minimum Gasteiger partial charge on any atom is -0.469 e. The van der Waals surface area contributed by atoms with Crippen molar-refractivity contribution in [2.24, 2.45) is 5.92 Å². The van der Waals surface area contributed by atoms with Crippen LogP contribution in [0.3, 0.4) is 0 Å². The largest absolute Gasteiger partial charge is 0.469 e. The fourth-order valence-electron chi connectivity index (χ4n) is 1.07. The summed E-state index contributed by atoms with van der Waals surface area (Å²) in [5.41, 5.74) is 0. The number of rotatable bonds is 7. The van der Waals surface area contributed by atoms with Crippen LogP contribution < -0.4 is 5.32 Å². The quantitative estimate of drug-likeness (QED) is 0.491. The van der Waals surface area contributed by atoms with Crippen molar-refractivity contribution in [2.75, 3.05) is 26.9 Å². The molecule has 4 nitrogen and oxygen atoms in total. The average molecular weight is 203 g/mol. The first-order valence-corrected chi connectivity index (χ1v) is 5.02. The van der Waals surface area contributed by atoms with Crippen molar-refractivity contribution in [3.8, 4) is 0 Å². The van der Waals surface area contributed by atoms with Gasteiger partial charge in [0.1, 0.15) is 0 Å². The molecule has 0 amide bonds. The van der Waals surface area contributed by atoms with E-state index in [1.54, 1.807) is 0 Å². The lowest BCUT2D eigenvalue weighted by Crippen LogP contribution is -2.38. The van der Waals surface area contributed by atoms with E-state index in [0.29, 0.717) is 6.61 Å². The van der Waals surface area contributed by atoms with Gasteiger partial charge in [-0.25, -0.2) is 0 Å². The zero-order valence-corrected chi connectivity index (χ0v) is 9.50. The van der Waals surface area contributed by atoms with E-state index in [9.17, 15) is 4.79 Å². The fraction of sp³-hybridized carbons (Fsp3) is 0.900. The summed E-state index contributed by atoms with van der Waals surface area (Å²) in [6.45, 7) is 7.94. The predicted octanol–water partition coefficient (Wildman–Crippen LogP) is 0.810. The van der Waals surface area contributed by atoms with E-state index >= 15 is 0 Å². The van der Waals surface area contributed by atoms with E-state index < -0.39 is 0 Å². The van der Waals surface area contributed by atoms with Crippen LogP contribution in [-0.2, 0) is 14.3 Å². The van der Waals surface area contributed by atoms with Crippen LogP contribution in [-0.4, -0.2) is 38.9 Å². The number of nitrogens with one attached hydrogen (secondary N) is 1. The molecule has 0 radical (unpaired) electrons. The Kier molecular flexibility index (Phi) is 7.42. The molecule has 0 saturated carbocycles. The molecule has 0 rings (SSSR count). The normalized spacial score (nSPS) is 14.9. The summed E-state index contributed by atoms with van der Waals surface area (Å²) in [5, 5.41) is 3.21. The Morgan fingerprint density at radius 2 is 2.07 bits per heavy atom. The summed E-state index contributed by atoms with van der Waals surface area (Å²) in [6, 6.07) is 0.114. The summed E-state index contributed by atoms with van der Waals surface area (Å²) >= 11 is 0. The van der Waals surface area contributed by atoms with Crippen LogP contribution in [0.15, 0.2) is 0 Å². The first-order chi connectivity index (χ1) is 6.63. The number of esters is 1. The van der Waals surface area contributed by atoms with Crippen molar-refractivity contribution in [3.05, 3.63) is 0 Å².